The van der Waals surface area contributed by atoms with Gasteiger partial charge >= 0.3 is 0 Å². The molecule has 0 bridgehead atoms. The van der Waals surface area contributed by atoms with Crippen LogP contribution in [0.2, 0.25) is 0 Å². The van der Waals surface area contributed by atoms with E-state index in [2.05, 4.69) is 46.2 Å². The van der Waals surface area contributed by atoms with Crippen LogP contribution in [0.15, 0.2) is 36.4 Å². The van der Waals surface area contributed by atoms with E-state index in [1.165, 1.54) is 0 Å². The van der Waals surface area contributed by atoms with Crippen molar-refractivity contribution in [3.05, 3.63) is 47.5 Å². The van der Waals surface area contributed by atoms with Gasteiger partial charge in [-0.15, -0.1) is 0 Å². The zero-order valence-electron chi connectivity index (χ0n) is 14.9. The first kappa shape index (κ1) is 17.0. The maximum atomic E-state index is 5.57. The molecule has 4 heteroatoms. The smallest absolute Gasteiger partial charge is 0.124 e. The van der Waals surface area contributed by atoms with Crippen LogP contribution in [0.4, 0.5) is 11.4 Å². The highest BCUT2D eigenvalue weighted by atomic mass is 16.5. The lowest BCUT2D eigenvalue weighted by Crippen LogP contribution is -2.10. The van der Waals surface area contributed by atoms with Crippen molar-refractivity contribution in [1.82, 2.24) is 0 Å². The van der Waals surface area contributed by atoms with Gasteiger partial charge in [0.25, 0.3) is 0 Å². The molecule has 0 amide bonds. The molecular weight excluding hydrogens is 288 g/mol. The van der Waals surface area contributed by atoms with Crippen molar-refractivity contribution in [2.45, 2.75) is 6.42 Å². The maximum absolute atomic E-state index is 5.57. The van der Waals surface area contributed by atoms with E-state index in [-0.39, 0.29) is 0 Å². The third kappa shape index (κ3) is 3.89. The summed E-state index contributed by atoms with van der Waals surface area (Å²) in [4.78, 5) is 4.14. The molecule has 0 atom stereocenters. The van der Waals surface area contributed by atoms with E-state index in [4.69, 9.17) is 9.47 Å². The van der Waals surface area contributed by atoms with E-state index in [1.807, 2.05) is 28.2 Å². The second-order valence-electron chi connectivity index (χ2n) is 5.96. The Labute approximate surface area is 139 Å². The molecule has 0 radical (unpaired) electrons. The lowest BCUT2D eigenvalue weighted by Gasteiger charge is -2.18. The first-order chi connectivity index (χ1) is 11.0. The fourth-order valence-electron chi connectivity index (χ4n) is 2.52. The van der Waals surface area contributed by atoms with Crippen molar-refractivity contribution >= 4 is 11.4 Å². The van der Waals surface area contributed by atoms with Gasteiger partial charge < -0.3 is 19.3 Å². The topological polar surface area (TPSA) is 24.9 Å². The Balaban J connectivity index is 2.35. The molecule has 124 valence electrons. The number of rotatable bonds is 6. The molecule has 0 unspecified atom stereocenters. The van der Waals surface area contributed by atoms with E-state index in [0.29, 0.717) is 0 Å². The average Bonchev–Trinajstić information content (AvgIpc) is 2.55. The predicted molar refractivity (Wildman–Crippen MR) is 97.4 cm³/mol. The minimum atomic E-state index is 0.772. The van der Waals surface area contributed by atoms with E-state index in [1.54, 1.807) is 14.2 Å². The van der Waals surface area contributed by atoms with Crippen LogP contribution in [-0.2, 0) is 6.42 Å². The molecule has 2 aromatic carbocycles. The summed E-state index contributed by atoms with van der Waals surface area (Å²) < 4.78 is 11.1. The Morgan fingerprint density at radius 2 is 1.09 bits per heavy atom. The summed E-state index contributed by atoms with van der Waals surface area (Å²) in [6.45, 7) is 0. The number of hydrogen-bond acceptors (Lipinski definition) is 4. The second-order valence-corrected chi connectivity index (χ2v) is 5.96. The van der Waals surface area contributed by atoms with Gasteiger partial charge in [0.15, 0.2) is 0 Å². The fourth-order valence-corrected chi connectivity index (χ4v) is 2.52. The molecule has 0 saturated carbocycles. The number of ether oxygens (including phenoxy) is 2. The van der Waals surface area contributed by atoms with Gasteiger partial charge in [0.05, 0.1) is 14.2 Å². The summed E-state index contributed by atoms with van der Waals surface area (Å²) in [6, 6.07) is 12.6. The summed E-state index contributed by atoms with van der Waals surface area (Å²) in [6.07, 6.45) is 0.772. The lowest BCUT2D eigenvalue weighted by molar-refractivity contribution is 0.405. The number of nitrogens with zero attached hydrogens (tertiary/aromatic N) is 2. The van der Waals surface area contributed by atoms with Crippen LogP contribution in [0.25, 0.3) is 0 Å². The molecule has 23 heavy (non-hydrogen) atoms. The van der Waals surface area contributed by atoms with Gasteiger partial charge in [-0.05, 0) is 23.3 Å². The van der Waals surface area contributed by atoms with Gasteiger partial charge in [-0.1, -0.05) is 12.1 Å². The van der Waals surface area contributed by atoms with E-state index < -0.39 is 0 Å². The van der Waals surface area contributed by atoms with Crippen molar-refractivity contribution in [1.29, 1.82) is 0 Å². The van der Waals surface area contributed by atoms with E-state index >= 15 is 0 Å². The molecule has 4 nitrogen and oxygen atoms in total. The molecule has 0 fully saturated rings. The van der Waals surface area contributed by atoms with Gasteiger partial charge in [-0.3, -0.25) is 0 Å². The molecule has 0 aliphatic heterocycles. The Hall–Kier alpha value is -2.36. The van der Waals surface area contributed by atoms with Crippen LogP contribution in [0.3, 0.4) is 0 Å². The highest BCUT2D eigenvalue weighted by molar-refractivity contribution is 5.57. The monoisotopic (exact) mass is 314 g/mol. The Bertz CT molecular complexity index is 609. The Morgan fingerprint density at radius 1 is 0.696 bits per heavy atom. The fraction of sp³-hybridized carbons (Fsp3) is 0.368. The summed E-state index contributed by atoms with van der Waals surface area (Å²) in [5.41, 5.74) is 4.55. The third-order valence-corrected chi connectivity index (χ3v) is 3.96. The summed E-state index contributed by atoms with van der Waals surface area (Å²) in [7, 11) is 11.5. The lowest BCUT2D eigenvalue weighted by atomic mass is 10.0. The molecule has 0 N–H and O–H groups in total. The van der Waals surface area contributed by atoms with Crippen LogP contribution in [0, 0.1) is 0 Å². The zero-order chi connectivity index (χ0) is 17.0. The minimum absolute atomic E-state index is 0.772. The van der Waals surface area contributed by atoms with Crippen LogP contribution >= 0.6 is 0 Å². The summed E-state index contributed by atoms with van der Waals surface area (Å²) in [5.74, 6) is 1.80. The van der Waals surface area contributed by atoms with Crippen molar-refractivity contribution in [2.75, 3.05) is 52.2 Å². The largest absolute Gasteiger partial charge is 0.496 e. The molecule has 0 aromatic heterocycles. The molecule has 0 spiro atoms. The Morgan fingerprint density at radius 3 is 1.39 bits per heavy atom. The van der Waals surface area contributed by atoms with Crippen LogP contribution in [0.1, 0.15) is 11.1 Å². The number of anilines is 2. The summed E-state index contributed by atoms with van der Waals surface area (Å²) >= 11 is 0. The molecular formula is C19H26N2O2. The first-order valence-corrected chi connectivity index (χ1v) is 7.64. The van der Waals surface area contributed by atoms with Gasteiger partial charge in [0.1, 0.15) is 11.5 Å². The van der Waals surface area contributed by atoms with Crippen LogP contribution in [-0.4, -0.2) is 42.4 Å². The van der Waals surface area contributed by atoms with E-state index in [0.717, 1.165) is 40.4 Å². The SMILES string of the molecule is COc1cc(N(C)C)ccc1Cc1ccc(N(C)C)cc1OC. The highest BCUT2D eigenvalue weighted by Gasteiger charge is 2.11. The highest BCUT2D eigenvalue weighted by Crippen LogP contribution is 2.31. The van der Waals surface area contributed by atoms with Gasteiger partial charge in [-0.2, -0.15) is 0 Å². The minimum Gasteiger partial charge on any atom is -0.496 e. The van der Waals surface area contributed by atoms with E-state index in [9.17, 15) is 0 Å². The van der Waals surface area contributed by atoms with Crippen molar-refractivity contribution < 1.29 is 9.47 Å². The Kier molecular flexibility index (Phi) is 5.37. The number of methoxy groups -OCH3 is 2. The number of benzene rings is 2. The molecule has 0 aliphatic carbocycles. The standard InChI is InChI=1S/C19H26N2O2/c1-20(2)16-9-7-14(18(12-16)22-5)11-15-8-10-17(21(3)4)13-19(15)23-6/h7-10,12-13H,11H2,1-6H3. The average molecular weight is 314 g/mol. The normalized spacial score (nSPS) is 10.3. The molecule has 0 aliphatic rings. The van der Waals surface area contributed by atoms with Crippen molar-refractivity contribution in [2.24, 2.45) is 0 Å². The van der Waals surface area contributed by atoms with Crippen molar-refractivity contribution in [3.8, 4) is 11.5 Å². The molecule has 2 rings (SSSR count). The third-order valence-electron chi connectivity index (χ3n) is 3.96. The molecule has 0 saturated heterocycles. The molecule has 0 heterocycles. The molecule has 2 aromatic rings. The quantitative estimate of drug-likeness (QED) is 0.815. The zero-order valence-corrected chi connectivity index (χ0v) is 14.9. The number of hydrogen-bond donors (Lipinski definition) is 0. The summed E-state index contributed by atoms with van der Waals surface area (Å²) in [5, 5.41) is 0. The van der Waals surface area contributed by atoms with Gasteiger partial charge in [0.2, 0.25) is 0 Å². The van der Waals surface area contributed by atoms with Gasteiger partial charge in [-0.25, -0.2) is 0 Å². The maximum Gasteiger partial charge on any atom is 0.124 e. The first-order valence-electron chi connectivity index (χ1n) is 7.64. The van der Waals surface area contributed by atoms with Crippen molar-refractivity contribution in [3.63, 3.8) is 0 Å². The van der Waals surface area contributed by atoms with Crippen LogP contribution in [0.5, 0.6) is 11.5 Å². The predicted octanol–water partition coefficient (Wildman–Crippen LogP) is 3.43. The van der Waals surface area contributed by atoms with Crippen LogP contribution < -0.4 is 19.3 Å². The second kappa shape index (κ2) is 7.27. The van der Waals surface area contributed by atoms with Gasteiger partial charge in [0, 0.05) is 58.1 Å².